The van der Waals surface area contributed by atoms with Crippen LogP contribution in [-0.2, 0) is 9.47 Å². The first-order valence-corrected chi connectivity index (χ1v) is 10.00. The molecule has 0 saturated carbocycles. The molecule has 0 amide bonds. The summed E-state index contributed by atoms with van der Waals surface area (Å²) in [5.74, 6) is 0. The van der Waals surface area contributed by atoms with Gasteiger partial charge in [0.1, 0.15) is 0 Å². The maximum atomic E-state index is 8.45. The van der Waals surface area contributed by atoms with E-state index in [1.165, 1.54) is 83.5 Å². The fraction of sp³-hybridized carbons (Fsp3) is 0.950. The van der Waals surface area contributed by atoms with Gasteiger partial charge in [-0.15, -0.1) is 0 Å². The van der Waals surface area contributed by atoms with E-state index in [0.29, 0.717) is 6.10 Å². The summed E-state index contributed by atoms with van der Waals surface area (Å²) in [7, 11) is 0. The lowest BCUT2D eigenvalue weighted by Gasteiger charge is -2.22. The first kappa shape index (κ1) is 20.5. The fourth-order valence-corrected chi connectivity index (χ4v) is 3.18. The largest absolute Gasteiger partial charge is 0.381 e. The Hall–Kier alpha value is -0.590. The Labute approximate surface area is 143 Å². The van der Waals surface area contributed by atoms with Crippen molar-refractivity contribution in [1.82, 2.24) is 0 Å². The smallest absolute Gasteiger partial charge is 0.0621 e. The number of nitrogens with zero attached hydrogens (tertiary/aromatic N) is 1. The van der Waals surface area contributed by atoms with Gasteiger partial charge in [-0.3, -0.25) is 0 Å². The average Bonchev–Trinajstić information content (AvgIpc) is 2.59. The van der Waals surface area contributed by atoms with Crippen LogP contribution in [0.15, 0.2) is 0 Å². The lowest BCUT2D eigenvalue weighted by Crippen LogP contribution is -2.18. The number of ether oxygens (including phenoxy) is 2. The molecule has 0 spiro atoms. The van der Waals surface area contributed by atoms with Crippen molar-refractivity contribution < 1.29 is 9.47 Å². The number of unbranched alkanes of at least 4 members (excludes halogenated alkanes) is 9. The molecule has 0 aromatic rings. The summed E-state index contributed by atoms with van der Waals surface area (Å²) in [6.07, 6.45) is 18.9. The van der Waals surface area contributed by atoms with Crippen LogP contribution < -0.4 is 0 Å². The Morgan fingerprint density at radius 2 is 1.48 bits per heavy atom. The number of rotatable bonds is 15. The van der Waals surface area contributed by atoms with Gasteiger partial charge in [0.25, 0.3) is 0 Å². The van der Waals surface area contributed by atoms with Crippen molar-refractivity contribution in [3.05, 3.63) is 0 Å². The van der Waals surface area contributed by atoms with E-state index < -0.39 is 0 Å². The van der Waals surface area contributed by atoms with Gasteiger partial charge in [-0.05, 0) is 44.9 Å². The lowest BCUT2D eigenvalue weighted by molar-refractivity contribution is 0.00940. The third-order valence-electron chi connectivity index (χ3n) is 4.67. The molecule has 1 saturated heterocycles. The van der Waals surface area contributed by atoms with Gasteiger partial charge < -0.3 is 9.47 Å². The Morgan fingerprint density at radius 3 is 2.13 bits per heavy atom. The molecule has 0 aliphatic carbocycles. The highest BCUT2D eigenvalue weighted by molar-refractivity contribution is 4.67. The molecule has 1 aliphatic rings. The van der Waals surface area contributed by atoms with Crippen LogP contribution in [0, 0.1) is 11.3 Å². The van der Waals surface area contributed by atoms with E-state index in [1.54, 1.807) is 0 Å². The summed E-state index contributed by atoms with van der Waals surface area (Å²) in [6, 6.07) is 2.20. The molecule has 1 rings (SSSR count). The van der Waals surface area contributed by atoms with Gasteiger partial charge in [-0.2, -0.15) is 5.26 Å². The van der Waals surface area contributed by atoms with Gasteiger partial charge in [0, 0.05) is 26.2 Å². The quantitative estimate of drug-likeness (QED) is 0.359. The maximum absolute atomic E-state index is 8.45. The van der Waals surface area contributed by atoms with E-state index in [2.05, 4.69) is 6.07 Å². The summed E-state index contributed by atoms with van der Waals surface area (Å²) >= 11 is 0. The molecule has 1 atom stereocenters. The molecule has 1 unspecified atom stereocenters. The summed E-state index contributed by atoms with van der Waals surface area (Å²) in [5.41, 5.74) is 0. The van der Waals surface area contributed by atoms with Gasteiger partial charge in [0.05, 0.1) is 12.2 Å². The predicted molar refractivity (Wildman–Crippen MR) is 95.4 cm³/mol. The Bertz CT molecular complexity index is 282. The standard InChI is InChI=1S/C20H37NO2/c21-16-10-5-3-1-2-4-6-11-17-22-18-12-7-8-14-20-15-9-13-19-23-20/h20H,1-15,17-19H2. The van der Waals surface area contributed by atoms with Crippen molar-refractivity contribution in [2.45, 2.75) is 102 Å². The maximum Gasteiger partial charge on any atom is 0.0621 e. The number of hydrogen-bond acceptors (Lipinski definition) is 3. The second-order valence-corrected chi connectivity index (χ2v) is 6.83. The highest BCUT2D eigenvalue weighted by Crippen LogP contribution is 2.18. The molecule has 1 heterocycles. The molecule has 0 aromatic carbocycles. The molecule has 134 valence electrons. The van der Waals surface area contributed by atoms with E-state index in [0.717, 1.165) is 32.7 Å². The summed E-state index contributed by atoms with van der Waals surface area (Å²) in [6.45, 7) is 2.84. The number of hydrogen-bond donors (Lipinski definition) is 0. The van der Waals surface area contributed by atoms with Gasteiger partial charge in [0.2, 0.25) is 0 Å². The molecular formula is C20H37NO2. The van der Waals surface area contributed by atoms with Gasteiger partial charge >= 0.3 is 0 Å². The number of nitriles is 1. The molecule has 0 N–H and O–H groups in total. The van der Waals surface area contributed by atoms with Crippen molar-refractivity contribution in [2.75, 3.05) is 19.8 Å². The predicted octanol–water partition coefficient (Wildman–Crippen LogP) is 5.78. The average molecular weight is 324 g/mol. The van der Waals surface area contributed by atoms with Gasteiger partial charge in [-0.25, -0.2) is 0 Å². The van der Waals surface area contributed by atoms with E-state index in [4.69, 9.17) is 14.7 Å². The topological polar surface area (TPSA) is 42.2 Å². The first-order valence-electron chi connectivity index (χ1n) is 10.00. The van der Waals surface area contributed by atoms with Crippen LogP contribution in [0.25, 0.3) is 0 Å². The van der Waals surface area contributed by atoms with Crippen LogP contribution >= 0.6 is 0 Å². The van der Waals surface area contributed by atoms with Gasteiger partial charge in [0.15, 0.2) is 0 Å². The van der Waals surface area contributed by atoms with Crippen molar-refractivity contribution in [2.24, 2.45) is 0 Å². The molecule has 0 radical (unpaired) electrons. The zero-order chi connectivity index (χ0) is 16.4. The van der Waals surface area contributed by atoms with Crippen molar-refractivity contribution in [3.8, 4) is 6.07 Å². The summed E-state index contributed by atoms with van der Waals surface area (Å²) < 4.78 is 11.5. The third kappa shape index (κ3) is 13.5. The highest BCUT2D eigenvalue weighted by Gasteiger charge is 2.12. The van der Waals surface area contributed by atoms with Crippen LogP contribution in [0.3, 0.4) is 0 Å². The van der Waals surface area contributed by atoms with Crippen LogP contribution in [0.5, 0.6) is 0 Å². The molecule has 23 heavy (non-hydrogen) atoms. The van der Waals surface area contributed by atoms with Crippen molar-refractivity contribution in [3.63, 3.8) is 0 Å². The fourth-order valence-electron chi connectivity index (χ4n) is 3.18. The molecule has 0 bridgehead atoms. The Balaban J connectivity index is 1.68. The molecule has 1 fully saturated rings. The Morgan fingerprint density at radius 1 is 0.826 bits per heavy atom. The zero-order valence-electron chi connectivity index (χ0n) is 15.1. The van der Waals surface area contributed by atoms with Crippen LogP contribution in [0.4, 0.5) is 0 Å². The van der Waals surface area contributed by atoms with E-state index >= 15 is 0 Å². The minimum Gasteiger partial charge on any atom is -0.381 e. The van der Waals surface area contributed by atoms with Crippen LogP contribution in [0.1, 0.15) is 96.3 Å². The zero-order valence-corrected chi connectivity index (χ0v) is 15.1. The summed E-state index contributed by atoms with van der Waals surface area (Å²) in [5, 5.41) is 8.45. The van der Waals surface area contributed by atoms with E-state index in [-0.39, 0.29) is 0 Å². The third-order valence-corrected chi connectivity index (χ3v) is 4.67. The molecule has 0 aromatic heterocycles. The van der Waals surface area contributed by atoms with E-state index in [1.807, 2.05) is 0 Å². The lowest BCUT2D eigenvalue weighted by atomic mass is 10.0. The van der Waals surface area contributed by atoms with Crippen molar-refractivity contribution >= 4 is 0 Å². The first-order chi connectivity index (χ1) is 11.4. The molecular weight excluding hydrogens is 286 g/mol. The minimum absolute atomic E-state index is 0.546. The SMILES string of the molecule is N#CCCCCCCCCCOCCCCCC1CCCCO1. The highest BCUT2D eigenvalue weighted by atomic mass is 16.5. The molecule has 1 aliphatic heterocycles. The molecule has 3 heteroatoms. The van der Waals surface area contributed by atoms with Crippen LogP contribution in [-0.4, -0.2) is 25.9 Å². The Kier molecular flexibility index (Phi) is 14.5. The monoisotopic (exact) mass is 323 g/mol. The second kappa shape index (κ2) is 16.3. The molecule has 3 nitrogen and oxygen atoms in total. The normalized spacial score (nSPS) is 18.0. The summed E-state index contributed by atoms with van der Waals surface area (Å²) in [4.78, 5) is 0. The second-order valence-electron chi connectivity index (χ2n) is 6.83. The van der Waals surface area contributed by atoms with Crippen LogP contribution in [0.2, 0.25) is 0 Å². The minimum atomic E-state index is 0.546. The van der Waals surface area contributed by atoms with E-state index in [9.17, 15) is 0 Å². The van der Waals surface area contributed by atoms with Gasteiger partial charge in [-0.1, -0.05) is 44.9 Å². The van der Waals surface area contributed by atoms with Crippen molar-refractivity contribution in [1.29, 1.82) is 5.26 Å².